The van der Waals surface area contributed by atoms with Gasteiger partial charge < -0.3 is 14.7 Å². The first-order valence-corrected chi connectivity index (χ1v) is 6.10. The van der Waals surface area contributed by atoms with Gasteiger partial charge in [-0.25, -0.2) is 9.59 Å². The number of carboxylic acids is 1. The molecule has 5 heteroatoms. The Morgan fingerprint density at radius 2 is 1.84 bits per heavy atom. The normalized spacial score (nSPS) is 10.3. The molecule has 5 nitrogen and oxygen atoms in total. The average molecular weight is 265 g/mol. The average Bonchev–Trinajstić information content (AvgIpc) is 2.36. The minimum Gasteiger partial charge on any atom is -0.478 e. The highest BCUT2D eigenvalue weighted by atomic mass is 16.6. The van der Waals surface area contributed by atoms with Gasteiger partial charge in [0.25, 0.3) is 0 Å². The highest BCUT2D eigenvalue weighted by Gasteiger charge is 2.11. The second-order valence-corrected chi connectivity index (χ2v) is 4.83. The number of hydrogen-bond donors (Lipinski definition) is 1. The van der Waals surface area contributed by atoms with Crippen LogP contribution in [-0.2, 0) is 11.3 Å². The highest BCUT2D eigenvalue weighted by molar-refractivity contribution is 5.87. The van der Waals surface area contributed by atoms with E-state index in [1.54, 1.807) is 19.2 Å². The molecule has 0 saturated carbocycles. The van der Waals surface area contributed by atoms with Crippen LogP contribution in [0.1, 0.15) is 29.8 Å². The molecule has 0 fully saturated rings. The number of carbonyl (C=O) groups is 2. The lowest BCUT2D eigenvalue weighted by molar-refractivity contribution is 0.0696. The van der Waals surface area contributed by atoms with Crippen LogP contribution in [0.2, 0.25) is 0 Å². The second-order valence-electron chi connectivity index (χ2n) is 4.83. The van der Waals surface area contributed by atoms with E-state index in [2.05, 4.69) is 0 Å². The number of carboxylic acid groups (broad SMARTS) is 1. The number of ether oxygens (including phenoxy) is 1. The summed E-state index contributed by atoms with van der Waals surface area (Å²) in [6, 6.07) is 6.42. The summed E-state index contributed by atoms with van der Waals surface area (Å²) in [5.41, 5.74) is 1.09. The molecule has 1 amide bonds. The molecular weight excluding hydrogens is 246 g/mol. The van der Waals surface area contributed by atoms with Crippen LogP contribution in [0.5, 0.6) is 0 Å². The van der Waals surface area contributed by atoms with Crippen molar-refractivity contribution in [2.75, 3.05) is 13.7 Å². The molecule has 0 aliphatic carbocycles. The molecule has 0 atom stereocenters. The lowest BCUT2D eigenvalue weighted by atomic mass is 10.1. The van der Waals surface area contributed by atoms with E-state index in [0.29, 0.717) is 19.1 Å². The van der Waals surface area contributed by atoms with E-state index >= 15 is 0 Å². The van der Waals surface area contributed by atoms with Gasteiger partial charge in [0.1, 0.15) is 0 Å². The molecule has 104 valence electrons. The van der Waals surface area contributed by atoms with Gasteiger partial charge in [-0.15, -0.1) is 0 Å². The Morgan fingerprint density at radius 1 is 1.26 bits per heavy atom. The molecule has 1 aromatic rings. The fourth-order valence-electron chi connectivity index (χ4n) is 1.44. The molecule has 0 saturated heterocycles. The van der Waals surface area contributed by atoms with Crippen molar-refractivity contribution in [3.05, 3.63) is 35.4 Å². The van der Waals surface area contributed by atoms with Crippen LogP contribution in [0.15, 0.2) is 24.3 Å². The molecule has 0 unspecified atom stereocenters. The van der Waals surface area contributed by atoms with Crippen molar-refractivity contribution in [3.8, 4) is 0 Å². The summed E-state index contributed by atoms with van der Waals surface area (Å²) in [5.74, 6) is -0.663. The first-order valence-electron chi connectivity index (χ1n) is 6.10. The number of hydrogen-bond acceptors (Lipinski definition) is 3. The van der Waals surface area contributed by atoms with E-state index in [-0.39, 0.29) is 11.7 Å². The first kappa shape index (κ1) is 15.0. The van der Waals surface area contributed by atoms with E-state index in [1.165, 1.54) is 17.0 Å². The van der Waals surface area contributed by atoms with Crippen molar-refractivity contribution >= 4 is 12.1 Å². The van der Waals surface area contributed by atoms with Crippen molar-refractivity contribution in [1.29, 1.82) is 0 Å². The fourth-order valence-corrected chi connectivity index (χ4v) is 1.44. The van der Waals surface area contributed by atoms with Crippen LogP contribution in [-0.4, -0.2) is 35.7 Å². The largest absolute Gasteiger partial charge is 0.478 e. The Kier molecular flexibility index (Phi) is 5.36. The topological polar surface area (TPSA) is 66.8 Å². The summed E-state index contributed by atoms with van der Waals surface area (Å²) < 4.78 is 5.09. The van der Waals surface area contributed by atoms with Gasteiger partial charge in [-0.2, -0.15) is 0 Å². The Balaban J connectivity index is 2.54. The minimum absolute atomic E-state index is 0.230. The highest BCUT2D eigenvalue weighted by Crippen LogP contribution is 2.08. The van der Waals surface area contributed by atoms with E-state index in [0.717, 1.165) is 5.56 Å². The van der Waals surface area contributed by atoms with E-state index in [9.17, 15) is 9.59 Å². The van der Waals surface area contributed by atoms with Crippen molar-refractivity contribution in [1.82, 2.24) is 4.90 Å². The third kappa shape index (κ3) is 4.99. The molecule has 1 aromatic carbocycles. The number of aromatic carboxylic acids is 1. The van der Waals surface area contributed by atoms with Gasteiger partial charge in [0.2, 0.25) is 0 Å². The standard InChI is InChI=1S/C14H19NO4/c1-10(2)9-19-14(18)15(3)8-11-4-6-12(7-5-11)13(16)17/h4-7,10H,8-9H2,1-3H3,(H,16,17). The Bertz CT molecular complexity index is 439. The second kappa shape index (κ2) is 6.78. The zero-order chi connectivity index (χ0) is 14.4. The van der Waals surface area contributed by atoms with Crippen molar-refractivity contribution in [2.24, 2.45) is 5.92 Å². The van der Waals surface area contributed by atoms with Crippen molar-refractivity contribution < 1.29 is 19.4 Å². The molecule has 0 spiro atoms. The van der Waals surface area contributed by atoms with Gasteiger partial charge in [-0.1, -0.05) is 26.0 Å². The third-order valence-corrected chi connectivity index (χ3v) is 2.47. The Morgan fingerprint density at radius 3 is 2.32 bits per heavy atom. The quantitative estimate of drug-likeness (QED) is 0.888. The van der Waals surface area contributed by atoms with Gasteiger partial charge in [0.05, 0.1) is 12.2 Å². The third-order valence-electron chi connectivity index (χ3n) is 2.47. The molecule has 1 rings (SSSR count). The first-order chi connectivity index (χ1) is 8.90. The lowest BCUT2D eigenvalue weighted by Gasteiger charge is -2.18. The van der Waals surface area contributed by atoms with Gasteiger partial charge in [-0.3, -0.25) is 0 Å². The summed E-state index contributed by atoms with van der Waals surface area (Å²) in [6.07, 6.45) is -0.379. The smallest absolute Gasteiger partial charge is 0.409 e. The van der Waals surface area contributed by atoms with E-state index in [4.69, 9.17) is 9.84 Å². The van der Waals surface area contributed by atoms with Crippen LogP contribution >= 0.6 is 0 Å². The van der Waals surface area contributed by atoms with E-state index in [1.807, 2.05) is 13.8 Å². The van der Waals surface area contributed by atoms with Crippen LogP contribution in [0.3, 0.4) is 0 Å². The Hall–Kier alpha value is -2.04. The SMILES string of the molecule is CC(C)COC(=O)N(C)Cc1ccc(C(=O)O)cc1. The van der Waals surface area contributed by atoms with Gasteiger partial charge in [-0.05, 0) is 23.6 Å². The van der Waals surface area contributed by atoms with Gasteiger partial charge >= 0.3 is 12.1 Å². The predicted octanol–water partition coefficient (Wildman–Crippen LogP) is 2.61. The molecule has 0 radical (unpaired) electrons. The predicted molar refractivity (Wildman–Crippen MR) is 71.1 cm³/mol. The number of rotatable bonds is 5. The molecule has 19 heavy (non-hydrogen) atoms. The molecule has 0 heterocycles. The zero-order valence-electron chi connectivity index (χ0n) is 11.4. The number of carbonyl (C=O) groups excluding carboxylic acids is 1. The summed E-state index contributed by atoms with van der Waals surface area (Å²) in [5, 5.41) is 8.78. The van der Waals surface area contributed by atoms with Gasteiger partial charge in [0, 0.05) is 13.6 Å². The summed E-state index contributed by atoms with van der Waals surface area (Å²) in [7, 11) is 1.65. The van der Waals surface area contributed by atoms with Crippen LogP contribution in [0, 0.1) is 5.92 Å². The van der Waals surface area contributed by atoms with Crippen LogP contribution < -0.4 is 0 Å². The summed E-state index contributed by atoms with van der Waals surface area (Å²) >= 11 is 0. The monoisotopic (exact) mass is 265 g/mol. The Labute approximate surface area is 112 Å². The molecule has 0 aromatic heterocycles. The van der Waals surface area contributed by atoms with Gasteiger partial charge in [0.15, 0.2) is 0 Å². The van der Waals surface area contributed by atoms with Crippen LogP contribution in [0.25, 0.3) is 0 Å². The number of nitrogens with zero attached hydrogens (tertiary/aromatic N) is 1. The fraction of sp³-hybridized carbons (Fsp3) is 0.429. The molecule has 0 aliphatic heterocycles. The zero-order valence-corrected chi connectivity index (χ0v) is 11.4. The summed E-state index contributed by atoms with van der Waals surface area (Å²) in [4.78, 5) is 23.8. The van der Waals surface area contributed by atoms with Crippen molar-refractivity contribution in [2.45, 2.75) is 20.4 Å². The summed E-state index contributed by atoms with van der Waals surface area (Å²) in [6.45, 7) is 4.72. The van der Waals surface area contributed by atoms with Crippen molar-refractivity contribution in [3.63, 3.8) is 0 Å². The number of benzene rings is 1. The molecular formula is C14H19NO4. The number of amides is 1. The molecule has 0 bridgehead atoms. The van der Waals surface area contributed by atoms with Crippen LogP contribution in [0.4, 0.5) is 4.79 Å². The van der Waals surface area contributed by atoms with E-state index < -0.39 is 5.97 Å². The molecule has 1 N–H and O–H groups in total. The lowest BCUT2D eigenvalue weighted by Crippen LogP contribution is -2.28. The minimum atomic E-state index is -0.962. The maximum atomic E-state index is 11.6. The molecule has 0 aliphatic rings. The maximum absolute atomic E-state index is 11.6. The maximum Gasteiger partial charge on any atom is 0.409 e.